The topological polar surface area (TPSA) is 97.0 Å². The molecule has 3 rings (SSSR count). The van der Waals surface area contributed by atoms with Gasteiger partial charge >= 0.3 is 11.9 Å². The number of esters is 2. The highest BCUT2D eigenvalue weighted by atomic mass is 16.5. The fourth-order valence-corrected chi connectivity index (χ4v) is 4.96. The molecule has 1 aromatic rings. The van der Waals surface area contributed by atoms with Gasteiger partial charge in [0.1, 0.15) is 12.1 Å². The Kier molecular flexibility index (Phi) is 9.26. The maximum absolute atomic E-state index is 13.6. The number of rotatable bonds is 10. The molecule has 0 aliphatic carbocycles. The van der Waals surface area contributed by atoms with Gasteiger partial charge in [0.15, 0.2) is 0 Å². The van der Waals surface area contributed by atoms with E-state index in [9.17, 15) is 14.4 Å². The summed E-state index contributed by atoms with van der Waals surface area (Å²) in [5.41, 5.74) is 1.12. The molecule has 1 amide bonds. The molecule has 8 heteroatoms. The number of nitrogens with zero attached hydrogens (tertiary/aromatic N) is 1. The lowest BCUT2D eigenvalue weighted by molar-refractivity contribution is -0.155. The zero-order chi connectivity index (χ0) is 23.8. The first-order valence-electron chi connectivity index (χ1n) is 12.1. The Labute approximate surface area is 196 Å². The van der Waals surface area contributed by atoms with Gasteiger partial charge in [-0.2, -0.15) is 0 Å². The molecule has 5 unspecified atom stereocenters. The van der Waals surface area contributed by atoms with Crippen molar-refractivity contribution in [2.75, 3.05) is 26.3 Å². The van der Waals surface area contributed by atoms with Crippen molar-refractivity contribution in [2.45, 2.75) is 70.6 Å². The van der Waals surface area contributed by atoms with E-state index in [0.717, 1.165) is 18.5 Å². The minimum Gasteiger partial charge on any atom is -0.465 e. The number of nitrogens with one attached hydrogen (secondary N) is 2. The number of fused-ring (bicyclic) bond motifs is 1. The van der Waals surface area contributed by atoms with Gasteiger partial charge in [-0.1, -0.05) is 30.3 Å². The highest BCUT2D eigenvalue weighted by molar-refractivity contribution is 5.89. The van der Waals surface area contributed by atoms with Gasteiger partial charge < -0.3 is 19.7 Å². The summed E-state index contributed by atoms with van der Waals surface area (Å²) in [5, 5.41) is 6.54. The summed E-state index contributed by atoms with van der Waals surface area (Å²) in [7, 11) is 0. The van der Waals surface area contributed by atoms with E-state index in [2.05, 4.69) is 10.6 Å². The lowest BCUT2D eigenvalue weighted by Crippen LogP contribution is -2.58. The van der Waals surface area contributed by atoms with Crippen LogP contribution < -0.4 is 10.6 Å². The molecule has 2 heterocycles. The Hall–Kier alpha value is -2.45. The maximum Gasteiger partial charge on any atom is 0.328 e. The van der Waals surface area contributed by atoms with Crippen LogP contribution in [0.1, 0.15) is 45.6 Å². The van der Waals surface area contributed by atoms with Crippen LogP contribution in [0.25, 0.3) is 0 Å². The first-order chi connectivity index (χ1) is 16.0. The molecule has 2 fully saturated rings. The second-order valence-corrected chi connectivity index (χ2v) is 8.79. The van der Waals surface area contributed by atoms with Crippen LogP contribution in [0.5, 0.6) is 0 Å². The molecule has 0 saturated carbocycles. The van der Waals surface area contributed by atoms with Crippen LogP contribution in [0.15, 0.2) is 30.3 Å². The molecule has 2 N–H and O–H groups in total. The Balaban J connectivity index is 1.72. The molecule has 2 aliphatic heterocycles. The fourth-order valence-electron chi connectivity index (χ4n) is 4.96. The van der Waals surface area contributed by atoms with E-state index < -0.39 is 18.1 Å². The lowest BCUT2D eigenvalue weighted by atomic mass is 9.92. The summed E-state index contributed by atoms with van der Waals surface area (Å²) >= 11 is 0. The van der Waals surface area contributed by atoms with Crippen LogP contribution in [0, 0.1) is 5.92 Å². The van der Waals surface area contributed by atoms with Gasteiger partial charge in [-0.25, -0.2) is 4.79 Å². The number of piperidine rings is 1. The fraction of sp³-hybridized carbons (Fsp3) is 0.640. The monoisotopic (exact) mass is 459 g/mol. The van der Waals surface area contributed by atoms with Crippen molar-refractivity contribution in [3.05, 3.63) is 35.9 Å². The quantitative estimate of drug-likeness (QED) is 0.514. The van der Waals surface area contributed by atoms with Crippen LogP contribution in [0.3, 0.4) is 0 Å². The van der Waals surface area contributed by atoms with Crippen LogP contribution in [0.4, 0.5) is 0 Å². The van der Waals surface area contributed by atoms with Crippen molar-refractivity contribution in [3.8, 4) is 0 Å². The van der Waals surface area contributed by atoms with Gasteiger partial charge in [-0.05, 0) is 64.5 Å². The molecule has 8 nitrogen and oxygen atoms in total. The van der Waals surface area contributed by atoms with Gasteiger partial charge in [-0.15, -0.1) is 0 Å². The normalized spacial score (nSPS) is 24.0. The van der Waals surface area contributed by atoms with Gasteiger partial charge in [0.25, 0.3) is 0 Å². The van der Waals surface area contributed by atoms with E-state index >= 15 is 0 Å². The number of aryl methyl sites for hydroxylation is 1. The third-order valence-corrected chi connectivity index (χ3v) is 6.58. The van der Waals surface area contributed by atoms with Gasteiger partial charge in [-0.3, -0.25) is 14.9 Å². The molecule has 1 aromatic carbocycles. The molecule has 2 aliphatic rings. The third-order valence-electron chi connectivity index (χ3n) is 6.58. The zero-order valence-electron chi connectivity index (χ0n) is 19.9. The number of hydrogen-bond acceptors (Lipinski definition) is 7. The van der Waals surface area contributed by atoms with Crippen molar-refractivity contribution in [1.82, 2.24) is 15.5 Å². The van der Waals surface area contributed by atoms with Crippen molar-refractivity contribution < 1.29 is 23.9 Å². The van der Waals surface area contributed by atoms with Crippen molar-refractivity contribution in [2.24, 2.45) is 5.92 Å². The first kappa shape index (κ1) is 25.2. The van der Waals surface area contributed by atoms with Gasteiger partial charge in [0.2, 0.25) is 5.91 Å². The molecule has 0 aromatic heterocycles. The SMILES string of the molecule is CCOC(=O)C(CCc1ccccc1)NC(C)C(=O)N1C(C(=O)OCC)CC2CCNCC21. The predicted octanol–water partition coefficient (Wildman–Crippen LogP) is 1.67. The summed E-state index contributed by atoms with van der Waals surface area (Å²) < 4.78 is 10.5. The molecule has 0 spiro atoms. The summed E-state index contributed by atoms with van der Waals surface area (Å²) in [6.07, 6.45) is 2.74. The summed E-state index contributed by atoms with van der Waals surface area (Å²) in [6, 6.07) is 8.02. The van der Waals surface area contributed by atoms with Crippen LogP contribution in [-0.2, 0) is 30.3 Å². The molecule has 182 valence electrons. The van der Waals surface area contributed by atoms with Crippen LogP contribution in [0.2, 0.25) is 0 Å². The number of likely N-dealkylation sites (tertiary alicyclic amines) is 1. The molecule has 5 atom stereocenters. The van der Waals surface area contributed by atoms with E-state index in [1.54, 1.807) is 25.7 Å². The second-order valence-electron chi connectivity index (χ2n) is 8.79. The maximum atomic E-state index is 13.6. The van der Waals surface area contributed by atoms with E-state index in [1.807, 2.05) is 30.3 Å². The zero-order valence-corrected chi connectivity index (χ0v) is 19.9. The second kappa shape index (κ2) is 12.1. The number of carbonyl (C=O) groups is 3. The predicted molar refractivity (Wildman–Crippen MR) is 124 cm³/mol. The van der Waals surface area contributed by atoms with Gasteiger partial charge in [0, 0.05) is 12.6 Å². The molecule has 2 saturated heterocycles. The van der Waals surface area contributed by atoms with E-state index in [-0.39, 0.29) is 43.0 Å². The number of benzene rings is 1. The van der Waals surface area contributed by atoms with Crippen molar-refractivity contribution in [3.63, 3.8) is 0 Å². The Bertz CT molecular complexity index is 802. The average molecular weight is 460 g/mol. The first-order valence-corrected chi connectivity index (χ1v) is 12.1. The van der Waals surface area contributed by atoms with Crippen molar-refractivity contribution >= 4 is 17.8 Å². The standard InChI is InChI=1S/C25H37N3O5/c1-4-32-24(30)20(12-11-18-9-7-6-8-10-18)27-17(3)23(29)28-21(25(31)33-5-2)15-19-13-14-26-16-22(19)28/h6-10,17,19-22,26-27H,4-5,11-16H2,1-3H3. The molecule has 33 heavy (non-hydrogen) atoms. The highest BCUT2D eigenvalue weighted by Crippen LogP contribution is 2.35. The number of ether oxygens (including phenoxy) is 2. The number of hydrogen-bond donors (Lipinski definition) is 2. The number of carbonyl (C=O) groups excluding carboxylic acids is 3. The lowest BCUT2D eigenvalue weighted by Gasteiger charge is -2.36. The molecular weight excluding hydrogens is 422 g/mol. The molecule has 0 bridgehead atoms. The number of amides is 1. The summed E-state index contributed by atoms with van der Waals surface area (Å²) in [4.78, 5) is 40.6. The van der Waals surface area contributed by atoms with E-state index in [4.69, 9.17) is 9.47 Å². The minimum absolute atomic E-state index is 0.0460. The Morgan fingerprint density at radius 2 is 1.88 bits per heavy atom. The molecular formula is C25H37N3O5. The Morgan fingerprint density at radius 1 is 1.15 bits per heavy atom. The third kappa shape index (κ3) is 6.32. The average Bonchev–Trinajstić information content (AvgIpc) is 3.21. The minimum atomic E-state index is -0.646. The van der Waals surface area contributed by atoms with Crippen molar-refractivity contribution in [1.29, 1.82) is 0 Å². The van der Waals surface area contributed by atoms with Crippen LogP contribution >= 0.6 is 0 Å². The largest absolute Gasteiger partial charge is 0.465 e. The summed E-state index contributed by atoms with van der Waals surface area (Å²) in [6.45, 7) is 7.40. The molecule has 0 radical (unpaired) electrons. The smallest absolute Gasteiger partial charge is 0.328 e. The summed E-state index contributed by atoms with van der Waals surface area (Å²) in [5.74, 6) is -0.624. The van der Waals surface area contributed by atoms with Crippen LogP contribution in [-0.4, -0.2) is 73.2 Å². The van der Waals surface area contributed by atoms with E-state index in [1.165, 1.54) is 0 Å². The Morgan fingerprint density at radius 3 is 2.58 bits per heavy atom. The van der Waals surface area contributed by atoms with Gasteiger partial charge in [0.05, 0.1) is 19.3 Å². The van der Waals surface area contributed by atoms with E-state index in [0.29, 0.717) is 25.8 Å². The highest BCUT2D eigenvalue weighted by Gasteiger charge is 2.49.